The molecule has 4 amide bonds. The van der Waals surface area contributed by atoms with Crippen LogP contribution in [0.4, 0.5) is 0 Å². The summed E-state index contributed by atoms with van der Waals surface area (Å²) in [6.45, 7) is 12.0. The van der Waals surface area contributed by atoms with Crippen molar-refractivity contribution in [1.29, 1.82) is 0 Å². The molecular weight excluding hydrogens is 614 g/mol. The molecule has 0 bridgehead atoms. The highest BCUT2D eigenvalue weighted by Crippen LogP contribution is 2.31. The number of methoxy groups -OCH3 is 1. The summed E-state index contributed by atoms with van der Waals surface area (Å²) in [7, 11) is -2.34. The highest BCUT2D eigenvalue weighted by Gasteiger charge is 2.47. The van der Waals surface area contributed by atoms with Gasteiger partial charge in [-0.1, -0.05) is 26.5 Å². The molecule has 4 atom stereocenters. The quantitative estimate of drug-likeness (QED) is 0.203. The minimum atomic E-state index is -3.90. The summed E-state index contributed by atoms with van der Waals surface area (Å²) in [4.78, 5) is 59.1. The molecule has 2 aromatic rings. The lowest BCUT2D eigenvalue weighted by atomic mass is 9.96. The normalized spacial score (nSPS) is 19.9. The van der Waals surface area contributed by atoms with Crippen molar-refractivity contribution in [2.75, 3.05) is 13.7 Å². The summed E-state index contributed by atoms with van der Waals surface area (Å²) in [5, 5.41) is 6.18. The summed E-state index contributed by atoms with van der Waals surface area (Å²) < 4.78 is 38.8. The Labute approximate surface area is 268 Å². The Morgan fingerprint density at radius 2 is 1.89 bits per heavy atom. The fourth-order valence-electron chi connectivity index (χ4n) is 5.33. The van der Waals surface area contributed by atoms with Gasteiger partial charge in [-0.15, -0.1) is 6.58 Å². The molecule has 13 nitrogen and oxygen atoms in total. The molecule has 1 aromatic carbocycles. The lowest BCUT2D eigenvalue weighted by molar-refractivity contribution is -0.143. The first-order valence-electron chi connectivity index (χ1n) is 15.0. The molecule has 2 fully saturated rings. The SMILES string of the molecule is C=CC[C@@](C)(NC(=O)[C@@H]1C[C@@H](Oc2nccc3cc(OC)ccc23)CN1C(=O)[C@H](NC(=O)C=C)C(C)C)C(=O)NS(=O)(=O)C1CC1. The van der Waals surface area contributed by atoms with Gasteiger partial charge in [0.15, 0.2) is 0 Å². The van der Waals surface area contributed by atoms with Crippen LogP contribution < -0.4 is 24.8 Å². The van der Waals surface area contributed by atoms with Gasteiger partial charge in [0.2, 0.25) is 33.6 Å². The number of pyridine rings is 1. The summed E-state index contributed by atoms with van der Waals surface area (Å²) in [5.41, 5.74) is -1.70. The first-order valence-corrected chi connectivity index (χ1v) is 16.6. The maximum Gasteiger partial charge on any atom is 0.259 e. The van der Waals surface area contributed by atoms with E-state index in [9.17, 15) is 27.6 Å². The predicted molar refractivity (Wildman–Crippen MR) is 171 cm³/mol. The van der Waals surface area contributed by atoms with Gasteiger partial charge in [-0.05, 0) is 67.8 Å². The van der Waals surface area contributed by atoms with Crippen molar-refractivity contribution in [3.05, 3.63) is 55.8 Å². The van der Waals surface area contributed by atoms with Crippen LogP contribution in [-0.4, -0.2) is 84.6 Å². The second-order valence-corrected chi connectivity index (χ2v) is 14.1. The molecule has 4 rings (SSSR count). The highest BCUT2D eigenvalue weighted by atomic mass is 32.2. The topological polar surface area (TPSA) is 173 Å². The first kappa shape index (κ1) is 34.4. The number of likely N-dealkylation sites (tertiary alicyclic amines) is 1. The molecule has 2 heterocycles. The Morgan fingerprint density at radius 3 is 2.50 bits per heavy atom. The van der Waals surface area contributed by atoms with Crippen molar-refractivity contribution in [3.63, 3.8) is 0 Å². The number of fused-ring (bicyclic) bond motifs is 1. The summed E-state index contributed by atoms with van der Waals surface area (Å²) in [5.74, 6) is -2.10. The number of carbonyl (C=O) groups is 4. The Bertz CT molecular complexity index is 1640. The third kappa shape index (κ3) is 7.66. The van der Waals surface area contributed by atoms with Crippen molar-refractivity contribution in [2.24, 2.45) is 5.92 Å². The molecule has 1 aliphatic heterocycles. The molecule has 0 radical (unpaired) electrons. The number of aromatic nitrogens is 1. The summed E-state index contributed by atoms with van der Waals surface area (Å²) in [6, 6.07) is 5.07. The monoisotopic (exact) mass is 655 g/mol. The van der Waals surface area contributed by atoms with Crippen molar-refractivity contribution < 1.29 is 37.1 Å². The third-order valence-corrected chi connectivity index (χ3v) is 9.95. The molecule has 1 aliphatic carbocycles. The molecule has 3 N–H and O–H groups in total. The lowest BCUT2D eigenvalue weighted by Gasteiger charge is -2.33. The number of rotatable bonds is 14. The fourth-order valence-corrected chi connectivity index (χ4v) is 6.74. The number of benzene rings is 1. The van der Waals surface area contributed by atoms with Crippen LogP contribution in [0, 0.1) is 5.92 Å². The standard InChI is InChI=1S/C32H41N5O8S/c1-7-14-32(5,31(41)36-46(42,43)23-10-11-23)35-28(39)25-17-22(18-37(25)30(40)27(19(3)4)34-26(38)8-2)45-29-24-12-9-21(44-6)16-20(24)13-15-33-29/h7-9,12-13,15-16,19,22-23,25,27H,1-2,10-11,14,17-18H2,3-6H3,(H,34,38)(H,35,39)(H,36,41)/t22-,25+,27-,32-/m1/s1. The molecule has 1 saturated heterocycles. The van der Waals surface area contributed by atoms with Crippen molar-refractivity contribution in [3.8, 4) is 11.6 Å². The van der Waals surface area contributed by atoms with Gasteiger partial charge in [-0.3, -0.25) is 23.9 Å². The van der Waals surface area contributed by atoms with Crippen LogP contribution in [0.3, 0.4) is 0 Å². The smallest absolute Gasteiger partial charge is 0.259 e. The Kier molecular flexibility index (Phi) is 10.4. The fraction of sp³-hybridized carbons (Fsp3) is 0.469. The zero-order valence-electron chi connectivity index (χ0n) is 26.4. The maximum atomic E-state index is 14.0. The van der Waals surface area contributed by atoms with Crippen molar-refractivity contribution >= 4 is 44.4 Å². The number of amides is 4. The molecule has 0 unspecified atom stereocenters. The van der Waals surface area contributed by atoms with Crippen LogP contribution in [0.15, 0.2) is 55.8 Å². The molecule has 1 saturated carbocycles. The molecule has 0 spiro atoms. The maximum absolute atomic E-state index is 14.0. The van der Waals surface area contributed by atoms with E-state index in [0.29, 0.717) is 29.9 Å². The zero-order chi connectivity index (χ0) is 33.8. The highest BCUT2D eigenvalue weighted by molar-refractivity contribution is 7.90. The molecule has 46 heavy (non-hydrogen) atoms. The first-order chi connectivity index (χ1) is 21.7. The second kappa shape index (κ2) is 13.9. The van der Waals surface area contributed by atoms with Gasteiger partial charge in [0.1, 0.15) is 29.5 Å². The van der Waals surface area contributed by atoms with Crippen LogP contribution in [0.1, 0.15) is 46.5 Å². The third-order valence-electron chi connectivity index (χ3n) is 8.13. The minimum absolute atomic E-state index is 0.0260. The van der Waals surface area contributed by atoms with Gasteiger partial charge in [-0.25, -0.2) is 13.4 Å². The van der Waals surface area contributed by atoms with E-state index in [2.05, 4.69) is 33.5 Å². The van der Waals surface area contributed by atoms with E-state index in [1.165, 1.54) is 17.9 Å². The van der Waals surface area contributed by atoms with Gasteiger partial charge in [0.25, 0.3) is 5.91 Å². The van der Waals surface area contributed by atoms with Crippen molar-refractivity contribution in [2.45, 2.75) is 75.4 Å². The molecule has 14 heteroatoms. The van der Waals surface area contributed by atoms with Gasteiger partial charge in [0, 0.05) is 18.0 Å². The van der Waals surface area contributed by atoms with Gasteiger partial charge in [0.05, 0.1) is 18.9 Å². The van der Waals surface area contributed by atoms with Crippen molar-refractivity contribution in [1.82, 2.24) is 25.2 Å². The van der Waals surface area contributed by atoms with Crippen LogP contribution in [0.2, 0.25) is 0 Å². The van der Waals surface area contributed by atoms with E-state index >= 15 is 0 Å². The minimum Gasteiger partial charge on any atom is -0.497 e. The predicted octanol–water partition coefficient (Wildman–Crippen LogP) is 1.98. The molecular formula is C32H41N5O8S. The van der Waals surface area contributed by atoms with E-state index in [1.54, 1.807) is 45.4 Å². The van der Waals surface area contributed by atoms with Crippen LogP contribution in [-0.2, 0) is 29.2 Å². The van der Waals surface area contributed by atoms with Crippen LogP contribution in [0.25, 0.3) is 10.8 Å². The van der Waals surface area contributed by atoms with E-state index in [0.717, 1.165) is 11.5 Å². The van der Waals surface area contributed by atoms with E-state index in [1.807, 2.05) is 6.07 Å². The number of carbonyl (C=O) groups excluding carboxylic acids is 4. The Hall–Kier alpha value is -4.46. The molecule has 2 aliphatic rings. The number of hydrogen-bond donors (Lipinski definition) is 3. The molecule has 1 aromatic heterocycles. The van der Waals surface area contributed by atoms with Gasteiger partial charge < -0.3 is 25.0 Å². The van der Waals surface area contributed by atoms with E-state index in [4.69, 9.17) is 9.47 Å². The van der Waals surface area contributed by atoms with Gasteiger partial charge in [-0.2, -0.15) is 0 Å². The number of sulfonamides is 1. The number of ether oxygens (including phenoxy) is 2. The van der Waals surface area contributed by atoms with E-state index in [-0.39, 0.29) is 25.3 Å². The second-order valence-electron chi connectivity index (χ2n) is 12.1. The Balaban J connectivity index is 1.64. The van der Waals surface area contributed by atoms with Crippen LogP contribution >= 0.6 is 0 Å². The molecule has 248 valence electrons. The summed E-state index contributed by atoms with van der Waals surface area (Å²) in [6.07, 6.45) is 4.17. The average Bonchev–Trinajstić information content (AvgIpc) is 3.80. The average molecular weight is 656 g/mol. The van der Waals surface area contributed by atoms with Crippen LogP contribution in [0.5, 0.6) is 11.6 Å². The number of nitrogens with one attached hydrogen (secondary N) is 3. The number of nitrogens with zero attached hydrogens (tertiary/aromatic N) is 2. The van der Waals surface area contributed by atoms with E-state index < -0.39 is 62.6 Å². The Morgan fingerprint density at radius 1 is 1.17 bits per heavy atom. The zero-order valence-corrected chi connectivity index (χ0v) is 27.3. The largest absolute Gasteiger partial charge is 0.497 e. The lowest BCUT2D eigenvalue weighted by Crippen LogP contribution is -2.62. The number of hydrogen-bond acceptors (Lipinski definition) is 9. The van der Waals surface area contributed by atoms with Gasteiger partial charge >= 0.3 is 0 Å². The summed E-state index contributed by atoms with van der Waals surface area (Å²) >= 11 is 0.